The average Bonchev–Trinajstić information content (AvgIpc) is 3.07. The van der Waals surface area contributed by atoms with Crippen LogP contribution in [0.5, 0.6) is 0 Å². The van der Waals surface area contributed by atoms with E-state index in [1.807, 2.05) is 15.6 Å². The molecule has 8 heteroatoms. The molecule has 2 fully saturated rings. The number of aliphatic hydroxyl groups excluding tert-OH is 1. The molecule has 3 aliphatic rings. The summed E-state index contributed by atoms with van der Waals surface area (Å²) in [4.78, 5) is 16.6. The lowest BCUT2D eigenvalue weighted by Crippen LogP contribution is -2.50. The molecule has 1 aromatic heterocycles. The lowest BCUT2D eigenvalue weighted by molar-refractivity contribution is -0.146. The quantitative estimate of drug-likeness (QED) is 0.883. The highest BCUT2D eigenvalue weighted by atomic mass is 19.3. The summed E-state index contributed by atoms with van der Waals surface area (Å²) in [5.41, 5.74) is 0.975. The Hall–Kier alpha value is -1.54. The van der Waals surface area contributed by atoms with Crippen molar-refractivity contribution in [3.63, 3.8) is 0 Å². The van der Waals surface area contributed by atoms with E-state index in [0.717, 1.165) is 5.69 Å². The summed E-state index contributed by atoms with van der Waals surface area (Å²) >= 11 is 0. The third-order valence-corrected chi connectivity index (χ3v) is 5.71. The van der Waals surface area contributed by atoms with Gasteiger partial charge in [-0.3, -0.25) is 14.4 Å². The molecule has 1 saturated carbocycles. The molecular weight excluding hydrogens is 330 g/mol. The topological polar surface area (TPSA) is 61.6 Å². The Kier molecular flexibility index (Phi) is 4.27. The first-order chi connectivity index (χ1) is 11.9. The molecule has 0 unspecified atom stereocenters. The van der Waals surface area contributed by atoms with Crippen LogP contribution in [0.2, 0.25) is 0 Å². The van der Waals surface area contributed by atoms with Crippen LogP contribution in [0.4, 0.5) is 8.78 Å². The molecule has 0 bridgehead atoms. The molecule has 3 heterocycles. The minimum absolute atomic E-state index is 0.0379. The fraction of sp³-hybridized carbons (Fsp3) is 0.765. The Morgan fingerprint density at radius 3 is 2.84 bits per heavy atom. The number of aliphatic hydroxyl groups is 1. The normalized spacial score (nSPS) is 32.1. The molecule has 25 heavy (non-hydrogen) atoms. The highest BCUT2D eigenvalue weighted by molar-refractivity contribution is 5.80. The maximum absolute atomic E-state index is 13.5. The third kappa shape index (κ3) is 3.42. The summed E-state index contributed by atoms with van der Waals surface area (Å²) in [5.74, 6) is -2.73. The lowest BCUT2D eigenvalue weighted by Gasteiger charge is -2.39. The summed E-state index contributed by atoms with van der Waals surface area (Å²) < 4.78 is 28.9. The van der Waals surface area contributed by atoms with Gasteiger partial charge in [0.2, 0.25) is 5.91 Å². The van der Waals surface area contributed by atoms with Gasteiger partial charge in [0, 0.05) is 44.2 Å². The zero-order valence-corrected chi connectivity index (χ0v) is 14.2. The van der Waals surface area contributed by atoms with Crippen LogP contribution < -0.4 is 0 Å². The molecule has 2 aliphatic heterocycles. The third-order valence-electron chi connectivity index (χ3n) is 5.71. The second-order valence-corrected chi connectivity index (χ2v) is 7.62. The fourth-order valence-electron chi connectivity index (χ4n) is 4.16. The smallest absolute Gasteiger partial charge is 0.261 e. The molecular formula is C17H24F2N4O2. The van der Waals surface area contributed by atoms with Crippen LogP contribution >= 0.6 is 0 Å². The number of hydrogen-bond acceptors (Lipinski definition) is 4. The number of rotatable bonds is 3. The minimum atomic E-state index is -2.62. The molecule has 138 valence electrons. The van der Waals surface area contributed by atoms with Crippen molar-refractivity contribution in [2.45, 2.75) is 56.8 Å². The maximum Gasteiger partial charge on any atom is 0.261 e. The molecule has 0 radical (unpaired) electrons. The van der Waals surface area contributed by atoms with E-state index in [1.54, 1.807) is 11.1 Å². The Morgan fingerprint density at radius 2 is 2.16 bits per heavy atom. The van der Waals surface area contributed by atoms with Gasteiger partial charge in [0.05, 0.1) is 24.9 Å². The van der Waals surface area contributed by atoms with Crippen molar-refractivity contribution < 1.29 is 18.7 Å². The Morgan fingerprint density at radius 1 is 1.36 bits per heavy atom. The van der Waals surface area contributed by atoms with Crippen molar-refractivity contribution in [1.29, 1.82) is 0 Å². The number of carbonyl (C=O) groups excluding carboxylic acids is 1. The maximum atomic E-state index is 13.5. The molecule has 1 atom stereocenters. The predicted octanol–water partition coefficient (Wildman–Crippen LogP) is 1.10. The van der Waals surface area contributed by atoms with Gasteiger partial charge in [-0.1, -0.05) is 0 Å². The van der Waals surface area contributed by atoms with Gasteiger partial charge in [0.25, 0.3) is 5.92 Å². The Balaban J connectivity index is 1.50. The monoisotopic (exact) mass is 354 g/mol. The van der Waals surface area contributed by atoms with Crippen molar-refractivity contribution in [3.05, 3.63) is 18.0 Å². The number of fused-ring (bicyclic) bond motifs is 1. The van der Waals surface area contributed by atoms with E-state index in [-0.39, 0.29) is 36.9 Å². The first-order valence-electron chi connectivity index (χ1n) is 9.01. The van der Waals surface area contributed by atoms with E-state index in [9.17, 15) is 18.7 Å². The van der Waals surface area contributed by atoms with Crippen LogP contribution in [0.15, 0.2) is 12.3 Å². The van der Waals surface area contributed by atoms with Gasteiger partial charge in [-0.25, -0.2) is 8.78 Å². The van der Waals surface area contributed by atoms with E-state index in [1.165, 1.54) is 0 Å². The van der Waals surface area contributed by atoms with Gasteiger partial charge in [0.15, 0.2) is 0 Å². The van der Waals surface area contributed by atoms with Crippen LogP contribution in [0.1, 0.15) is 31.4 Å². The summed E-state index contributed by atoms with van der Waals surface area (Å²) in [6.07, 6.45) is 2.95. The number of alkyl halides is 2. The molecule has 1 amide bonds. The second-order valence-electron chi connectivity index (χ2n) is 7.62. The average molecular weight is 354 g/mol. The van der Waals surface area contributed by atoms with Crippen LogP contribution in [0.3, 0.4) is 0 Å². The van der Waals surface area contributed by atoms with Crippen molar-refractivity contribution in [2.24, 2.45) is 5.92 Å². The first-order valence-corrected chi connectivity index (χ1v) is 9.01. The molecule has 4 rings (SSSR count). The standard InChI is InChI=1S/C17H24F2N4O2/c18-17(19)3-6-21(11-17)9-13-2-5-23-14(1-4-20-23)10-22(13)16(25)12-7-15(24)8-12/h1,4,12-13,15,24H,2-3,5-11H2/t12?,13-,15?/m1/s1. The Labute approximate surface area is 145 Å². The number of carbonyl (C=O) groups is 1. The number of amides is 1. The molecule has 1 saturated heterocycles. The molecule has 6 nitrogen and oxygen atoms in total. The van der Waals surface area contributed by atoms with E-state index in [0.29, 0.717) is 45.4 Å². The molecule has 0 aromatic carbocycles. The van der Waals surface area contributed by atoms with Gasteiger partial charge >= 0.3 is 0 Å². The molecule has 1 N–H and O–H groups in total. The molecule has 1 aliphatic carbocycles. The van der Waals surface area contributed by atoms with Crippen molar-refractivity contribution >= 4 is 5.91 Å². The zero-order valence-electron chi connectivity index (χ0n) is 14.2. The summed E-state index contributed by atoms with van der Waals surface area (Å²) in [6, 6.07) is 1.81. The van der Waals surface area contributed by atoms with Gasteiger partial charge in [-0.15, -0.1) is 0 Å². The van der Waals surface area contributed by atoms with Gasteiger partial charge in [-0.2, -0.15) is 5.10 Å². The summed E-state index contributed by atoms with van der Waals surface area (Å²) in [5, 5.41) is 13.8. The molecule has 0 spiro atoms. The van der Waals surface area contributed by atoms with Crippen molar-refractivity contribution in [3.8, 4) is 0 Å². The largest absolute Gasteiger partial charge is 0.393 e. The highest BCUT2D eigenvalue weighted by Gasteiger charge is 2.42. The van der Waals surface area contributed by atoms with Gasteiger partial charge < -0.3 is 10.0 Å². The number of likely N-dealkylation sites (tertiary alicyclic amines) is 1. The number of aryl methyl sites for hydroxylation is 1. The summed E-state index contributed by atoms with van der Waals surface area (Å²) in [6.45, 7) is 1.77. The van der Waals surface area contributed by atoms with Crippen LogP contribution in [-0.4, -0.2) is 68.3 Å². The fourth-order valence-corrected chi connectivity index (χ4v) is 4.16. The van der Waals surface area contributed by atoms with Crippen LogP contribution in [0.25, 0.3) is 0 Å². The van der Waals surface area contributed by atoms with E-state index in [2.05, 4.69) is 5.10 Å². The number of nitrogens with zero attached hydrogens (tertiary/aromatic N) is 4. The first kappa shape index (κ1) is 16.9. The van der Waals surface area contributed by atoms with Crippen molar-refractivity contribution in [1.82, 2.24) is 19.6 Å². The number of aromatic nitrogens is 2. The van der Waals surface area contributed by atoms with Gasteiger partial charge in [0.1, 0.15) is 0 Å². The SMILES string of the molecule is O=C(C1CC(O)C1)N1Cc2ccnn2CC[C@@H]1CN1CCC(F)(F)C1. The van der Waals surface area contributed by atoms with E-state index in [4.69, 9.17) is 0 Å². The lowest BCUT2D eigenvalue weighted by atomic mass is 9.81. The van der Waals surface area contributed by atoms with Crippen molar-refractivity contribution in [2.75, 3.05) is 19.6 Å². The number of halogens is 2. The van der Waals surface area contributed by atoms with Crippen LogP contribution in [0, 0.1) is 5.92 Å². The second kappa shape index (κ2) is 6.32. The molecule has 1 aromatic rings. The van der Waals surface area contributed by atoms with Crippen LogP contribution in [-0.2, 0) is 17.9 Å². The predicted molar refractivity (Wildman–Crippen MR) is 85.9 cm³/mol. The zero-order chi connectivity index (χ0) is 17.6. The van der Waals surface area contributed by atoms with E-state index >= 15 is 0 Å². The Bertz CT molecular complexity index is 644. The van der Waals surface area contributed by atoms with E-state index < -0.39 is 5.92 Å². The number of hydrogen-bond donors (Lipinski definition) is 1. The summed E-state index contributed by atoms with van der Waals surface area (Å²) in [7, 11) is 0. The van der Waals surface area contributed by atoms with Gasteiger partial charge in [-0.05, 0) is 25.3 Å². The minimum Gasteiger partial charge on any atom is -0.393 e. The highest BCUT2D eigenvalue weighted by Crippen LogP contribution is 2.33.